The molecule has 0 fully saturated rings. The minimum Gasteiger partial charge on any atom is -0.351 e. The second-order valence-corrected chi connectivity index (χ2v) is 6.21. The van der Waals surface area contributed by atoms with Gasteiger partial charge < -0.3 is 10.3 Å². The molecule has 5 heteroatoms. The number of aromatic amines is 1. The average Bonchev–Trinajstić information content (AvgIpc) is 2.44. The third-order valence-electron chi connectivity index (χ3n) is 3.60. The number of nitrogens with one attached hydrogen (secondary N) is 2. The zero-order chi connectivity index (χ0) is 16.2. The second kappa shape index (κ2) is 6.73. The highest BCUT2D eigenvalue weighted by molar-refractivity contribution is 5.78. The van der Waals surface area contributed by atoms with Crippen LogP contribution in [0.3, 0.4) is 0 Å². The Morgan fingerprint density at radius 2 is 2.05 bits per heavy atom. The number of H-pyrrole nitrogens is 1. The molecule has 0 aliphatic rings. The Morgan fingerprint density at radius 1 is 1.32 bits per heavy atom. The minimum absolute atomic E-state index is 0.0192. The molecule has 0 saturated carbocycles. The molecule has 0 bridgehead atoms. The lowest BCUT2D eigenvalue weighted by Gasteiger charge is -2.25. The molecule has 0 saturated heterocycles. The van der Waals surface area contributed by atoms with Crippen LogP contribution in [0.5, 0.6) is 0 Å². The number of nitrogens with zero attached hydrogens (tertiary/aromatic N) is 1. The van der Waals surface area contributed by atoms with E-state index >= 15 is 0 Å². The first-order chi connectivity index (χ1) is 10.4. The number of carbonyl (C=O) groups excluding carboxylic acids is 1. The van der Waals surface area contributed by atoms with Crippen molar-refractivity contribution < 1.29 is 4.79 Å². The summed E-state index contributed by atoms with van der Waals surface area (Å²) in [6.07, 6.45) is 2.69. The number of benzene rings is 1. The number of amides is 1. The van der Waals surface area contributed by atoms with E-state index in [-0.39, 0.29) is 17.0 Å². The summed E-state index contributed by atoms with van der Waals surface area (Å²) in [5.74, 6) is 0.529. The smallest absolute Gasteiger partial charge is 0.258 e. The number of hydrogen-bond acceptors (Lipinski definition) is 3. The van der Waals surface area contributed by atoms with Crippen LogP contribution in [0, 0.1) is 0 Å². The lowest BCUT2D eigenvalue weighted by molar-refractivity contribution is -0.122. The van der Waals surface area contributed by atoms with E-state index in [2.05, 4.69) is 22.2 Å². The van der Waals surface area contributed by atoms with Gasteiger partial charge in [-0.25, -0.2) is 4.98 Å². The predicted octanol–water partition coefficient (Wildman–Crippen LogP) is 2.55. The summed E-state index contributed by atoms with van der Waals surface area (Å²) in [5.41, 5.74) is 0.302. The van der Waals surface area contributed by atoms with Gasteiger partial charge >= 0.3 is 0 Å². The third-order valence-corrected chi connectivity index (χ3v) is 3.60. The van der Waals surface area contributed by atoms with Gasteiger partial charge in [-0.3, -0.25) is 9.59 Å². The van der Waals surface area contributed by atoms with Crippen LogP contribution >= 0.6 is 0 Å². The highest BCUT2D eigenvalue weighted by atomic mass is 16.1. The first kappa shape index (κ1) is 16.2. The van der Waals surface area contributed by atoms with E-state index in [0.717, 1.165) is 12.8 Å². The summed E-state index contributed by atoms with van der Waals surface area (Å²) < 4.78 is 0. The van der Waals surface area contributed by atoms with Crippen molar-refractivity contribution in [2.45, 2.75) is 52.0 Å². The molecule has 0 aliphatic carbocycles. The molecule has 0 spiro atoms. The van der Waals surface area contributed by atoms with Crippen molar-refractivity contribution in [2.24, 2.45) is 0 Å². The number of para-hydroxylation sites is 1. The number of fused-ring (bicyclic) bond motifs is 1. The average molecular weight is 301 g/mol. The van der Waals surface area contributed by atoms with E-state index in [4.69, 9.17) is 0 Å². The van der Waals surface area contributed by atoms with E-state index in [9.17, 15) is 9.59 Å². The summed E-state index contributed by atoms with van der Waals surface area (Å²) in [6.45, 7) is 6.13. The van der Waals surface area contributed by atoms with Gasteiger partial charge in [0.1, 0.15) is 5.82 Å². The van der Waals surface area contributed by atoms with Gasteiger partial charge in [-0.05, 0) is 32.4 Å². The standard InChI is InChI=1S/C17H23N3O2/c1-4-11-17(2,3)20-15(21)10-9-14-18-13-8-6-5-7-12(13)16(22)19-14/h5-8H,4,9-11H2,1-3H3,(H,20,21)(H,18,19,22). The normalized spacial score (nSPS) is 11.6. The van der Waals surface area contributed by atoms with Crippen molar-refractivity contribution in [1.29, 1.82) is 0 Å². The van der Waals surface area contributed by atoms with Gasteiger partial charge in [0.05, 0.1) is 10.9 Å². The van der Waals surface area contributed by atoms with E-state index < -0.39 is 0 Å². The number of hydrogen-bond donors (Lipinski definition) is 2. The molecular formula is C17H23N3O2. The maximum atomic E-state index is 12.0. The SMILES string of the molecule is CCCC(C)(C)NC(=O)CCc1nc2ccccc2c(=O)[nH]1. The lowest BCUT2D eigenvalue weighted by atomic mass is 9.98. The van der Waals surface area contributed by atoms with Crippen molar-refractivity contribution in [3.63, 3.8) is 0 Å². The topological polar surface area (TPSA) is 74.8 Å². The second-order valence-electron chi connectivity index (χ2n) is 6.21. The monoisotopic (exact) mass is 301 g/mol. The summed E-state index contributed by atoms with van der Waals surface area (Å²) in [6, 6.07) is 7.20. The highest BCUT2D eigenvalue weighted by Gasteiger charge is 2.19. The number of aryl methyl sites for hydroxylation is 1. The fraction of sp³-hybridized carbons (Fsp3) is 0.471. The van der Waals surface area contributed by atoms with Crippen molar-refractivity contribution in [2.75, 3.05) is 0 Å². The van der Waals surface area contributed by atoms with Crippen LogP contribution in [0.4, 0.5) is 0 Å². The van der Waals surface area contributed by atoms with Crippen molar-refractivity contribution >= 4 is 16.8 Å². The molecule has 2 aromatic rings. The number of aromatic nitrogens is 2. The van der Waals surface area contributed by atoms with Crippen LogP contribution in [0.2, 0.25) is 0 Å². The van der Waals surface area contributed by atoms with Gasteiger partial charge in [0.15, 0.2) is 0 Å². The van der Waals surface area contributed by atoms with E-state index in [1.165, 1.54) is 0 Å². The van der Waals surface area contributed by atoms with E-state index in [0.29, 0.717) is 29.6 Å². The fourth-order valence-electron chi connectivity index (χ4n) is 2.61. The Labute approximate surface area is 130 Å². The minimum atomic E-state index is -0.198. The first-order valence-electron chi connectivity index (χ1n) is 7.70. The van der Waals surface area contributed by atoms with Crippen molar-refractivity contribution in [1.82, 2.24) is 15.3 Å². The quantitative estimate of drug-likeness (QED) is 0.861. The van der Waals surface area contributed by atoms with Gasteiger partial charge in [-0.2, -0.15) is 0 Å². The van der Waals surface area contributed by atoms with Gasteiger partial charge in [0.2, 0.25) is 5.91 Å². The zero-order valence-electron chi connectivity index (χ0n) is 13.4. The van der Waals surface area contributed by atoms with Crippen molar-refractivity contribution in [3.8, 4) is 0 Å². The van der Waals surface area contributed by atoms with E-state index in [1.807, 2.05) is 26.0 Å². The molecule has 0 radical (unpaired) electrons. The first-order valence-corrected chi connectivity index (χ1v) is 7.70. The molecule has 2 N–H and O–H groups in total. The molecule has 1 heterocycles. The summed E-state index contributed by atoms with van der Waals surface area (Å²) in [4.78, 5) is 31.1. The summed E-state index contributed by atoms with van der Waals surface area (Å²) >= 11 is 0. The molecule has 22 heavy (non-hydrogen) atoms. The Balaban J connectivity index is 2.03. The summed E-state index contributed by atoms with van der Waals surface area (Å²) in [7, 11) is 0. The molecule has 1 aromatic heterocycles. The van der Waals surface area contributed by atoms with Gasteiger partial charge in [0, 0.05) is 18.4 Å². The predicted molar refractivity (Wildman–Crippen MR) is 87.8 cm³/mol. The number of carbonyl (C=O) groups is 1. The van der Waals surface area contributed by atoms with Crippen LogP contribution in [0.1, 0.15) is 45.9 Å². The van der Waals surface area contributed by atoms with Crippen LogP contribution in [-0.4, -0.2) is 21.4 Å². The van der Waals surface area contributed by atoms with Crippen LogP contribution in [0.25, 0.3) is 10.9 Å². The molecule has 1 aromatic carbocycles. The van der Waals surface area contributed by atoms with Crippen LogP contribution in [0.15, 0.2) is 29.1 Å². The molecule has 1 amide bonds. The van der Waals surface area contributed by atoms with Crippen LogP contribution in [-0.2, 0) is 11.2 Å². The fourth-order valence-corrected chi connectivity index (χ4v) is 2.61. The van der Waals surface area contributed by atoms with Crippen LogP contribution < -0.4 is 10.9 Å². The Morgan fingerprint density at radius 3 is 2.77 bits per heavy atom. The lowest BCUT2D eigenvalue weighted by Crippen LogP contribution is -2.43. The maximum Gasteiger partial charge on any atom is 0.258 e. The Kier molecular flexibility index (Phi) is 4.96. The molecule has 0 aliphatic heterocycles. The molecule has 5 nitrogen and oxygen atoms in total. The third kappa shape index (κ3) is 4.16. The van der Waals surface area contributed by atoms with Gasteiger partial charge in [-0.15, -0.1) is 0 Å². The number of rotatable bonds is 6. The van der Waals surface area contributed by atoms with Gasteiger partial charge in [0.25, 0.3) is 5.56 Å². The molecular weight excluding hydrogens is 278 g/mol. The zero-order valence-corrected chi connectivity index (χ0v) is 13.4. The summed E-state index contributed by atoms with van der Waals surface area (Å²) in [5, 5.41) is 3.59. The van der Waals surface area contributed by atoms with Crippen molar-refractivity contribution in [3.05, 3.63) is 40.4 Å². The molecule has 0 atom stereocenters. The maximum absolute atomic E-state index is 12.0. The largest absolute Gasteiger partial charge is 0.351 e. The Hall–Kier alpha value is -2.17. The Bertz CT molecular complexity index is 719. The van der Waals surface area contributed by atoms with E-state index in [1.54, 1.807) is 12.1 Å². The van der Waals surface area contributed by atoms with Gasteiger partial charge in [-0.1, -0.05) is 25.5 Å². The molecule has 2 rings (SSSR count). The highest BCUT2D eigenvalue weighted by Crippen LogP contribution is 2.11. The molecule has 0 unspecified atom stereocenters. The molecule has 118 valence electrons.